The number of aliphatic hydroxyl groups is 1. The molecule has 1 aliphatic heterocycles. The number of aromatic nitrogens is 1. The molecule has 0 radical (unpaired) electrons. The van der Waals surface area contributed by atoms with Gasteiger partial charge in [0.15, 0.2) is 0 Å². The van der Waals surface area contributed by atoms with Gasteiger partial charge in [-0.25, -0.2) is 4.39 Å². The lowest BCUT2D eigenvalue weighted by atomic mass is 10.1. The molecule has 0 saturated carbocycles. The number of fused-ring (bicyclic) bond motifs is 1. The summed E-state index contributed by atoms with van der Waals surface area (Å²) >= 11 is 0. The van der Waals surface area contributed by atoms with E-state index in [1.807, 2.05) is 26.8 Å². The Kier molecular flexibility index (Phi) is 11.1. The van der Waals surface area contributed by atoms with Gasteiger partial charge in [-0.15, -0.1) is 0 Å². The van der Waals surface area contributed by atoms with Crippen molar-refractivity contribution in [2.45, 2.75) is 56.2 Å². The van der Waals surface area contributed by atoms with E-state index in [9.17, 15) is 9.00 Å². The molecule has 220 valence electrons. The summed E-state index contributed by atoms with van der Waals surface area (Å²) in [6, 6.07) is 10.3. The number of aliphatic imine (C=N–C) groups is 1. The highest BCUT2D eigenvalue weighted by Gasteiger charge is 2.24. The zero-order valence-corrected chi connectivity index (χ0v) is 24.8. The van der Waals surface area contributed by atoms with Gasteiger partial charge < -0.3 is 25.6 Å². The van der Waals surface area contributed by atoms with Crippen LogP contribution in [0.5, 0.6) is 11.5 Å². The maximum Gasteiger partial charge on any atom is 0.228 e. The van der Waals surface area contributed by atoms with Crippen LogP contribution in [0.2, 0.25) is 0 Å². The SMILES string of the molecule is CO.Cc1c(Oc2ccnc3ccc(S(=O)C4CCOC4)cc23)ccc(CC(=O)N/C(C=NC(C)(C)C)=C/N)c1F. The van der Waals surface area contributed by atoms with Gasteiger partial charge in [-0.2, -0.15) is 0 Å². The van der Waals surface area contributed by atoms with Crippen molar-refractivity contribution in [3.63, 3.8) is 0 Å². The Balaban J connectivity index is 0.00000226. The number of benzene rings is 2. The molecular formula is C30H37FN4O5S. The normalized spacial score (nSPS) is 16.4. The zero-order valence-electron chi connectivity index (χ0n) is 23.9. The summed E-state index contributed by atoms with van der Waals surface area (Å²) in [5, 5.41) is 10.3. The Morgan fingerprint density at radius 2 is 2.02 bits per heavy atom. The zero-order chi connectivity index (χ0) is 30.2. The van der Waals surface area contributed by atoms with Gasteiger partial charge in [-0.1, -0.05) is 6.07 Å². The van der Waals surface area contributed by atoms with Crippen molar-refractivity contribution in [1.29, 1.82) is 0 Å². The van der Waals surface area contributed by atoms with Crippen LogP contribution in [0, 0.1) is 12.7 Å². The minimum atomic E-state index is -1.22. The van der Waals surface area contributed by atoms with Gasteiger partial charge in [0.1, 0.15) is 17.3 Å². The highest BCUT2D eigenvalue weighted by atomic mass is 32.2. The number of carbonyl (C=O) groups excluding carboxylic acids is 1. The molecule has 2 aromatic carbocycles. The van der Waals surface area contributed by atoms with Crippen LogP contribution < -0.4 is 15.8 Å². The number of nitrogens with one attached hydrogen (secondary N) is 1. The van der Waals surface area contributed by atoms with E-state index < -0.39 is 22.5 Å². The van der Waals surface area contributed by atoms with Crippen molar-refractivity contribution < 1.29 is 28.0 Å². The van der Waals surface area contributed by atoms with Gasteiger partial charge in [0.25, 0.3) is 0 Å². The number of nitrogens with zero attached hydrogens (tertiary/aromatic N) is 2. The summed E-state index contributed by atoms with van der Waals surface area (Å²) in [5.41, 5.74) is 6.75. The number of carbonyl (C=O) groups is 1. The second-order valence-corrected chi connectivity index (χ2v) is 12.0. The molecule has 3 aromatic rings. The van der Waals surface area contributed by atoms with Crippen molar-refractivity contribution in [2.75, 3.05) is 20.3 Å². The second-order valence-electron chi connectivity index (χ2n) is 10.3. The predicted molar refractivity (Wildman–Crippen MR) is 159 cm³/mol. The molecule has 11 heteroatoms. The quantitative estimate of drug-likeness (QED) is 0.336. The summed E-state index contributed by atoms with van der Waals surface area (Å²) in [6.45, 7) is 8.43. The van der Waals surface area contributed by atoms with E-state index in [2.05, 4.69) is 15.3 Å². The summed E-state index contributed by atoms with van der Waals surface area (Å²) < 4.78 is 39.8. The molecule has 0 spiro atoms. The highest BCUT2D eigenvalue weighted by Crippen LogP contribution is 2.34. The van der Waals surface area contributed by atoms with Gasteiger partial charge in [-0.3, -0.25) is 19.0 Å². The molecule has 2 atom stereocenters. The van der Waals surface area contributed by atoms with Crippen molar-refractivity contribution in [3.05, 3.63) is 71.4 Å². The maximum atomic E-state index is 15.3. The smallest absolute Gasteiger partial charge is 0.228 e. The minimum absolute atomic E-state index is 0.0493. The number of hydrogen-bond donors (Lipinski definition) is 3. The monoisotopic (exact) mass is 584 g/mol. The van der Waals surface area contributed by atoms with Crippen molar-refractivity contribution in [1.82, 2.24) is 10.3 Å². The fourth-order valence-electron chi connectivity index (χ4n) is 4.04. The molecular weight excluding hydrogens is 547 g/mol. The molecule has 1 fully saturated rings. The van der Waals surface area contributed by atoms with Gasteiger partial charge in [-0.05, 0) is 70.0 Å². The first-order chi connectivity index (χ1) is 19.6. The van der Waals surface area contributed by atoms with Crippen LogP contribution in [0.15, 0.2) is 64.4 Å². The largest absolute Gasteiger partial charge is 0.456 e. The average molecular weight is 585 g/mol. The molecule has 0 bridgehead atoms. The summed E-state index contributed by atoms with van der Waals surface area (Å²) in [6.07, 6.45) is 4.89. The molecule has 1 saturated heterocycles. The Morgan fingerprint density at radius 1 is 1.27 bits per heavy atom. The summed E-state index contributed by atoms with van der Waals surface area (Å²) in [5.74, 6) is -0.192. The number of halogens is 1. The first kappa shape index (κ1) is 31.9. The minimum Gasteiger partial charge on any atom is -0.456 e. The number of allylic oxidation sites excluding steroid dienone is 1. The lowest BCUT2D eigenvalue weighted by Gasteiger charge is -2.15. The Hall–Kier alpha value is -3.67. The van der Waals surface area contributed by atoms with E-state index in [1.54, 1.807) is 37.4 Å². The third-order valence-electron chi connectivity index (χ3n) is 6.14. The first-order valence-corrected chi connectivity index (χ1v) is 14.3. The predicted octanol–water partition coefficient (Wildman–Crippen LogP) is 4.31. The molecule has 1 amide bonds. The Labute approximate surface area is 242 Å². The van der Waals surface area contributed by atoms with Crippen LogP contribution >= 0.6 is 0 Å². The fraction of sp³-hybridized carbons (Fsp3) is 0.367. The van der Waals surface area contributed by atoms with Gasteiger partial charge in [0.05, 0.1) is 45.8 Å². The molecule has 1 aliphatic rings. The molecule has 4 N–H and O–H groups in total. The molecule has 0 aliphatic carbocycles. The van der Waals surface area contributed by atoms with Crippen LogP contribution in [0.25, 0.3) is 10.9 Å². The second kappa shape index (κ2) is 14.3. The molecule has 1 aromatic heterocycles. The maximum absolute atomic E-state index is 15.3. The highest BCUT2D eigenvalue weighted by molar-refractivity contribution is 7.85. The van der Waals surface area contributed by atoms with Crippen LogP contribution in [0.4, 0.5) is 4.39 Å². The van der Waals surface area contributed by atoms with Crippen LogP contribution in [0.3, 0.4) is 0 Å². The number of ether oxygens (including phenoxy) is 2. The van der Waals surface area contributed by atoms with E-state index >= 15 is 4.39 Å². The molecule has 4 rings (SSSR count). The van der Waals surface area contributed by atoms with Crippen LogP contribution in [0.1, 0.15) is 38.3 Å². The van der Waals surface area contributed by atoms with Crippen LogP contribution in [-0.2, 0) is 26.8 Å². The van der Waals surface area contributed by atoms with Crippen LogP contribution in [-0.4, -0.2) is 57.5 Å². The number of aliphatic hydroxyl groups excluding tert-OH is 1. The average Bonchev–Trinajstić information content (AvgIpc) is 3.50. The lowest BCUT2D eigenvalue weighted by Crippen LogP contribution is -2.27. The van der Waals surface area contributed by atoms with E-state index in [0.29, 0.717) is 46.2 Å². The first-order valence-electron chi connectivity index (χ1n) is 13.1. The number of nitrogens with two attached hydrogens (primary N) is 1. The fourth-order valence-corrected chi connectivity index (χ4v) is 5.39. The van der Waals surface area contributed by atoms with E-state index in [1.165, 1.54) is 18.5 Å². The van der Waals surface area contributed by atoms with E-state index in [4.69, 9.17) is 20.3 Å². The van der Waals surface area contributed by atoms with Gasteiger partial charge >= 0.3 is 0 Å². The standard InChI is InChI=1S/C29H33FN4O4S.CH4O/c1-18-25(8-5-19(28(18)30)13-27(35)34-20(15-31)16-33-29(2,3)4)38-26-9-11-32-24-7-6-21(14-23(24)26)39(36)22-10-12-37-17-22;1-2/h5-9,11,14-16,22H,10,12-13,17,31H2,1-4H3,(H,34,35);2H,1H3/b20-15+,33-16?;. The van der Waals surface area contributed by atoms with Gasteiger partial charge in [0, 0.05) is 48.2 Å². The number of pyridine rings is 1. The molecule has 2 heterocycles. The molecule has 41 heavy (non-hydrogen) atoms. The van der Waals surface area contributed by atoms with Gasteiger partial charge in [0.2, 0.25) is 5.91 Å². The number of amides is 1. The Bertz CT molecular complexity index is 1460. The summed E-state index contributed by atoms with van der Waals surface area (Å²) in [4.78, 5) is 21.9. The Morgan fingerprint density at radius 3 is 2.68 bits per heavy atom. The molecule has 9 nitrogen and oxygen atoms in total. The van der Waals surface area contributed by atoms with Crippen molar-refractivity contribution >= 4 is 33.8 Å². The van der Waals surface area contributed by atoms with Crippen molar-refractivity contribution in [3.8, 4) is 11.5 Å². The molecule has 2 unspecified atom stereocenters. The van der Waals surface area contributed by atoms with Crippen molar-refractivity contribution in [2.24, 2.45) is 10.7 Å². The van der Waals surface area contributed by atoms with E-state index in [0.717, 1.165) is 13.5 Å². The van der Waals surface area contributed by atoms with E-state index in [-0.39, 0.29) is 28.3 Å². The lowest BCUT2D eigenvalue weighted by molar-refractivity contribution is -0.119. The number of hydrogen-bond acceptors (Lipinski definition) is 8. The topological polar surface area (TPSA) is 136 Å². The third-order valence-corrected chi connectivity index (χ3v) is 7.83. The summed E-state index contributed by atoms with van der Waals surface area (Å²) in [7, 11) is -0.224. The third kappa shape index (κ3) is 8.42. The number of rotatable bonds is 8.